The van der Waals surface area contributed by atoms with Gasteiger partial charge in [-0.15, -0.1) is 11.3 Å². The lowest BCUT2D eigenvalue weighted by molar-refractivity contribution is -0.384. The first kappa shape index (κ1) is 18.0. The SMILES string of the molecule is O=C(NCCc1csc(-c2cccnc2)n1)c1ccc(Cl)c([N+](=O)[O-])c1. The van der Waals surface area contributed by atoms with Crippen LogP contribution < -0.4 is 5.32 Å². The highest BCUT2D eigenvalue weighted by Crippen LogP contribution is 2.25. The fourth-order valence-electron chi connectivity index (χ4n) is 2.24. The number of benzene rings is 1. The van der Waals surface area contributed by atoms with Gasteiger partial charge in [0.15, 0.2) is 0 Å². The van der Waals surface area contributed by atoms with Gasteiger partial charge >= 0.3 is 0 Å². The van der Waals surface area contributed by atoms with Gasteiger partial charge in [0, 0.05) is 47.9 Å². The molecule has 0 aliphatic heterocycles. The van der Waals surface area contributed by atoms with Gasteiger partial charge in [0.2, 0.25) is 0 Å². The Morgan fingerprint density at radius 1 is 1.35 bits per heavy atom. The van der Waals surface area contributed by atoms with Crippen LogP contribution in [-0.2, 0) is 6.42 Å². The van der Waals surface area contributed by atoms with Gasteiger partial charge in [-0.1, -0.05) is 11.6 Å². The molecule has 2 aromatic heterocycles. The normalized spacial score (nSPS) is 10.5. The maximum absolute atomic E-state index is 12.1. The number of hydrogen-bond donors (Lipinski definition) is 1. The van der Waals surface area contributed by atoms with Gasteiger partial charge in [-0.05, 0) is 24.3 Å². The van der Waals surface area contributed by atoms with Crippen molar-refractivity contribution in [2.45, 2.75) is 6.42 Å². The lowest BCUT2D eigenvalue weighted by atomic mass is 10.2. The molecule has 0 unspecified atom stereocenters. The molecule has 0 spiro atoms. The molecule has 2 heterocycles. The van der Waals surface area contributed by atoms with E-state index in [4.69, 9.17) is 11.6 Å². The standard InChI is InChI=1S/C17H13ClN4O3S/c18-14-4-3-11(8-15(14)22(24)25)16(23)20-7-5-13-10-26-17(21-13)12-2-1-6-19-9-12/h1-4,6,8-10H,5,7H2,(H,20,23). The van der Waals surface area contributed by atoms with Gasteiger partial charge in [-0.25, -0.2) is 4.98 Å². The van der Waals surface area contributed by atoms with Crippen molar-refractivity contribution in [2.75, 3.05) is 6.54 Å². The van der Waals surface area contributed by atoms with Crippen molar-refractivity contribution in [2.24, 2.45) is 0 Å². The van der Waals surface area contributed by atoms with Crippen LogP contribution in [0.3, 0.4) is 0 Å². The Hall–Kier alpha value is -2.84. The Morgan fingerprint density at radius 3 is 2.92 bits per heavy atom. The molecule has 9 heteroatoms. The maximum atomic E-state index is 12.1. The van der Waals surface area contributed by atoms with Gasteiger partial charge < -0.3 is 5.32 Å². The van der Waals surface area contributed by atoms with Crippen LogP contribution in [-0.4, -0.2) is 27.3 Å². The van der Waals surface area contributed by atoms with Crippen molar-refractivity contribution >= 4 is 34.5 Å². The van der Waals surface area contributed by atoms with Crippen LogP contribution in [0, 0.1) is 10.1 Å². The number of nitro benzene ring substituents is 1. The summed E-state index contributed by atoms with van der Waals surface area (Å²) in [6, 6.07) is 7.75. The van der Waals surface area contributed by atoms with Gasteiger partial charge in [0.1, 0.15) is 10.0 Å². The number of rotatable bonds is 6. The second kappa shape index (κ2) is 8.03. The highest BCUT2D eigenvalue weighted by molar-refractivity contribution is 7.13. The molecule has 0 bridgehead atoms. The number of nitro groups is 1. The van der Waals surface area contributed by atoms with E-state index < -0.39 is 10.8 Å². The third kappa shape index (κ3) is 4.22. The van der Waals surface area contributed by atoms with E-state index in [-0.39, 0.29) is 16.3 Å². The van der Waals surface area contributed by atoms with Crippen molar-refractivity contribution in [3.63, 3.8) is 0 Å². The number of pyridine rings is 1. The van der Waals surface area contributed by atoms with Gasteiger partial charge in [-0.2, -0.15) is 0 Å². The Kier molecular flexibility index (Phi) is 5.55. The number of nitrogens with one attached hydrogen (secondary N) is 1. The highest BCUT2D eigenvalue weighted by atomic mass is 35.5. The molecule has 0 saturated carbocycles. The molecule has 7 nitrogen and oxygen atoms in total. The number of thiazole rings is 1. The van der Waals surface area contributed by atoms with Gasteiger partial charge in [0.05, 0.1) is 10.6 Å². The Bertz CT molecular complexity index is 946. The molecule has 0 atom stereocenters. The zero-order valence-electron chi connectivity index (χ0n) is 13.4. The predicted octanol–water partition coefficient (Wildman–Crippen LogP) is 3.74. The molecule has 0 aliphatic carbocycles. The smallest absolute Gasteiger partial charge is 0.288 e. The molecule has 0 saturated heterocycles. The molecule has 3 rings (SSSR count). The number of carbonyl (C=O) groups is 1. The second-order valence-corrected chi connectivity index (χ2v) is 6.58. The molecule has 3 aromatic rings. The Morgan fingerprint density at radius 2 is 2.19 bits per heavy atom. The third-order valence-corrected chi connectivity index (χ3v) is 4.79. The largest absolute Gasteiger partial charge is 0.352 e. The van der Waals surface area contributed by atoms with E-state index in [1.807, 2.05) is 17.5 Å². The second-order valence-electron chi connectivity index (χ2n) is 5.31. The zero-order chi connectivity index (χ0) is 18.5. The first-order valence-corrected chi connectivity index (χ1v) is 8.87. The van der Waals surface area contributed by atoms with E-state index in [0.29, 0.717) is 13.0 Å². The molecular formula is C17H13ClN4O3S. The summed E-state index contributed by atoms with van der Waals surface area (Å²) in [5, 5.41) is 16.4. The number of amides is 1. The van der Waals surface area contributed by atoms with Crippen molar-refractivity contribution in [3.8, 4) is 10.6 Å². The lowest BCUT2D eigenvalue weighted by Crippen LogP contribution is -2.25. The molecule has 1 aromatic carbocycles. The third-order valence-electron chi connectivity index (χ3n) is 3.53. The van der Waals surface area contributed by atoms with E-state index in [1.165, 1.54) is 29.5 Å². The molecule has 0 aliphatic rings. The summed E-state index contributed by atoms with van der Waals surface area (Å²) in [5.41, 5.74) is 1.70. The summed E-state index contributed by atoms with van der Waals surface area (Å²) in [4.78, 5) is 31.0. The van der Waals surface area contributed by atoms with Gasteiger partial charge in [0.25, 0.3) is 11.6 Å². The Labute approximate surface area is 157 Å². The molecule has 1 N–H and O–H groups in total. The fraction of sp³-hybridized carbons (Fsp3) is 0.118. The number of nitrogens with zero attached hydrogens (tertiary/aromatic N) is 3. The summed E-state index contributed by atoms with van der Waals surface area (Å²) in [5.74, 6) is -0.396. The van der Waals surface area contributed by atoms with Crippen LogP contribution in [0.15, 0.2) is 48.1 Å². The van der Waals surface area contributed by atoms with E-state index in [9.17, 15) is 14.9 Å². The minimum Gasteiger partial charge on any atom is -0.352 e. The van der Waals surface area contributed by atoms with E-state index in [2.05, 4.69) is 15.3 Å². The number of hydrogen-bond acceptors (Lipinski definition) is 6. The van der Waals surface area contributed by atoms with Crippen LogP contribution in [0.25, 0.3) is 10.6 Å². The monoisotopic (exact) mass is 388 g/mol. The average Bonchev–Trinajstić information content (AvgIpc) is 3.11. The topological polar surface area (TPSA) is 98.0 Å². The average molecular weight is 389 g/mol. The van der Waals surface area contributed by atoms with Crippen LogP contribution in [0.4, 0.5) is 5.69 Å². The Balaban J connectivity index is 1.58. The minimum absolute atomic E-state index is 0.00282. The minimum atomic E-state index is -0.617. The predicted molar refractivity (Wildman–Crippen MR) is 99.5 cm³/mol. The van der Waals surface area contributed by atoms with E-state index in [0.717, 1.165) is 16.3 Å². The van der Waals surface area contributed by atoms with Crippen molar-refractivity contribution < 1.29 is 9.72 Å². The molecule has 132 valence electrons. The van der Waals surface area contributed by atoms with Crippen molar-refractivity contribution in [1.29, 1.82) is 0 Å². The number of halogens is 1. The summed E-state index contributed by atoms with van der Waals surface area (Å²) in [6.45, 7) is 0.367. The first-order chi connectivity index (χ1) is 12.5. The first-order valence-electron chi connectivity index (χ1n) is 7.61. The fourth-order valence-corrected chi connectivity index (χ4v) is 3.28. The molecule has 0 radical (unpaired) electrons. The summed E-state index contributed by atoms with van der Waals surface area (Å²) in [7, 11) is 0. The van der Waals surface area contributed by atoms with Crippen molar-refractivity contribution in [1.82, 2.24) is 15.3 Å². The highest BCUT2D eigenvalue weighted by Gasteiger charge is 2.16. The summed E-state index contributed by atoms with van der Waals surface area (Å²) in [6.07, 6.45) is 4.00. The van der Waals surface area contributed by atoms with Crippen LogP contribution in [0.1, 0.15) is 16.1 Å². The zero-order valence-corrected chi connectivity index (χ0v) is 15.0. The van der Waals surface area contributed by atoms with Gasteiger partial charge in [-0.3, -0.25) is 19.9 Å². The maximum Gasteiger partial charge on any atom is 0.288 e. The van der Waals surface area contributed by atoms with Crippen LogP contribution in [0.5, 0.6) is 0 Å². The molecular weight excluding hydrogens is 376 g/mol. The summed E-state index contributed by atoms with van der Waals surface area (Å²) >= 11 is 7.26. The molecule has 0 fully saturated rings. The van der Waals surface area contributed by atoms with Crippen LogP contribution in [0.2, 0.25) is 5.02 Å². The molecule has 1 amide bonds. The van der Waals surface area contributed by atoms with E-state index in [1.54, 1.807) is 12.4 Å². The van der Waals surface area contributed by atoms with Crippen LogP contribution >= 0.6 is 22.9 Å². The summed E-state index contributed by atoms with van der Waals surface area (Å²) < 4.78 is 0. The number of carbonyl (C=O) groups excluding carboxylic acids is 1. The van der Waals surface area contributed by atoms with E-state index >= 15 is 0 Å². The van der Waals surface area contributed by atoms with Crippen molar-refractivity contribution in [3.05, 3.63) is 74.5 Å². The lowest BCUT2D eigenvalue weighted by Gasteiger charge is -2.04. The molecule has 26 heavy (non-hydrogen) atoms. The number of aromatic nitrogens is 2. The quantitative estimate of drug-likeness (QED) is 0.512.